The lowest BCUT2D eigenvalue weighted by atomic mass is 9.74. The molecule has 0 heteroatoms. The molecule has 0 aromatic carbocycles. The van der Waals surface area contributed by atoms with E-state index in [4.69, 9.17) is 6.58 Å². The van der Waals surface area contributed by atoms with Crippen molar-refractivity contribution in [1.29, 1.82) is 0 Å². The molecule has 9 heavy (non-hydrogen) atoms. The second-order valence-corrected chi connectivity index (χ2v) is 3.62. The van der Waals surface area contributed by atoms with Gasteiger partial charge in [0.25, 0.3) is 0 Å². The average Bonchev–Trinajstić information content (AvgIpc) is 1.77. The van der Waals surface area contributed by atoms with E-state index < -0.39 is 0 Å². The van der Waals surface area contributed by atoms with Crippen molar-refractivity contribution in [2.75, 3.05) is 0 Å². The van der Waals surface area contributed by atoms with Gasteiger partial charge in [0.1, 0.15) is 0 Å². The molecule has 0 atom stereocenters. The fraction of sp³-hybridized carbons (Fsp3) is 0.778. The Morgan fingerprint density at radius 1 is 1.33 bits per heavy atom. The SMILES string of the molecule is [CH]=C1CCCCC1(C)C. The molecule has 0 bridgehead atoms. The van der Waals surface area contributed by atoms with E-state index in [1.165, 1.54) is 24.8 Å². The summed E-state index contributed by atoms with van der Waals surface area (Å²) in [7, 11) is 0. The average molecular weight is 123 g/mol. The molecule has 0 aromatic rings. The Labute approximate surface area is 58.0 Å². The Bertz CT molecular complexity index is 120. The highest BCUT2D eigenvalue weighted by molar-refractivity contribution is 5.07. The summed E-state index contributed by atoms with van der Waals surface area (Å²) >= 11 is 0. The Balaban J connectivity index is 2.60. The van der Waals surface area contributed by atoms with Gasteiger partial charge in [-0.25, -0.2) is 0 Å². The number of hydrogen-bond acceptors (Lipinski definition) is 0. The molecule has 1 rings (SSSR count). The maximum atomic E-state index is 5.83. The van der Waals surface area contributed by atoms with Crippen molar-refractivity contribution in [2.45, 2.75) is 39.5 Å². The zero-order valence-electron chi connectivity index (χ0n) is 6.41. The molecule has 0 nitrogen and oxygen atoms in total. The van der Waals surface area contributed by atoms with E-state index in [1.54, 1.807) is 0 Å². The molecule has 1 radical (unpaired) electrons. The van der Waals surface area contributed by atoms with Crippen LogP contribution in [0.15, 0.2) is 5.57 Å². The van der Waals surface area contributed by atoms with Gasteiger partial charge in [-0.2, -0.15) is 0 Å². The maximum Gasteiger partial charge on any atom is -0.0142 e. The van der Waals surface area contributed by atoms with Gasteiger partial charge in [-0.1, -0.05) is 32.4 Å². The van der Waals surface area contributed by atoms with Crippen LogP contribution in [0.25, 0.3) is 0 Å². The molecule has 0 aliphatic heterocycles. The molecule has 0 amide bonds. The lowest BCUT2D eigenvalue weighted by Crippen LogP contribution is -2.17. The summed E-state index contributed by atoms with van der Waals surface area (Å²) in [4.78, 5) is 0. The Morgan fingerprint density at radius 2 is 2.00 bits per heavy atom. The molecule has 0 saturated heterocycles. The predicted molar refractivity (Wildman–Crippen MR) is 40.1 cm³/mol. The summed E-state index contributed by atoms with van der Waals surface area (Å²) in [5.41, 5.74) is 1.53. The first-order valence-electron chi connectivity index (χ1n) is 3.75. The van der Waals surface area contributed by atoms with E-state index in [9.17, 15) is 0 Å². The highest BCUT2D eigenvalue weighted by atomic mass is 14.3. The van der Waals surface area contributed by atoms with Gasteiger partial charge >= 0.3 is 0 Å². The van der Waals surface area contributed by atoms with Crippen LogP contribution >= 0.6 is 0 Å². The lowest BCUT2D eigenvalue weighted by molar-refractivity contribution is 0.336. The smallest absolute Gasteiger partial charge is 0.0142 e. The Kier molecular flexibility index (Phi) is 1.65. The van der Waals surface area contributed by atoms with Gasteiger partial charge in [0, 0.05) is 0 Å². The van der Waals surface area contributed by atoms with Gasteiger partial charge in [0.05, 0.1) is 0 Å². The van der Waals surface area contributed by atoms with Crippen molar-refractivity contribution in [2.24, 2.45) is 5.41 Å². The van der Waals surface area contributed by atoms with Gasteiger partial charge in [0.2, 0.25) is 0 Å². The molecule has 0 heterocycles. The van der Waals surface area contributed by atoms with Crippen LogP contribution in [0, 0.1) is 12.0 Å². The van der Waals surface area contributed by atoms with Crippen molar-refractivity contribution in [3.63, 3.8) is 0 Å². The van der Waals surface area contributed by atoms with Crippen molar-refractivity contribution in [1.82, 2.24) is 0 Å². The van der Waals surface area contributed by atoms with E-state index in [-0.39, 0.29) is 0 Å². The highest BCUT2D eigenvalue weighted by Gasteiger charge is 2.24. The maximum absolute atomic E-state index is 5.83. The summed E-state index contributed by atoms with van der Waals surface area (Å²) in [6.45, 7) is 10.3. The van der Waals surface area contributed by atoms with Crippen LogP contribution < -0.4 is 0 Å². The first kappa shape index (κ1) is 6.85. The van der Waals surface area contributed by atoms with Crippen molar-refractivity contribution < 1.29 is 0 Å². The van der Waals surface area contributed by atoms with Crippen LogP contribution in [0.2, 0.25) is 0 Å². The summed E-state index contributed by atoms with van der Waals surface area (Å²) in [6, 6.07) is 0. The normalized spacial score (nSPS) is 26.2. The molecule has 0 unspecified atom stereocenters. The Hall–Kier alpha value is -0.260. The topological polar surface area (TPSA) is 0 Å². The van der Waals surface area contributed by atoms with Crippen molar-refractivity contribution in [3.05, 3.63) is 12.2 Å². The van der Waals surface area contributed by atoms with Crippen LogP contribution in [-0.4, -0.2) is 0 Å². The lowest BCUT2D eigenvalue weighted by Gasteiger charge is -2.31. The third-order valence-corrected chi connectivity index (χ3v) is 2.37. The van der Waals surface area contributed by atoms with Crippen molar-refractivity contribution >= 4 is 0 Å². The fourth-order valence-corrected chi connectivity index (χ4v) is 1.38. The molecule has 1 fully saturated rings. The molecular weight excluding hydrogens is 108 g/mol. The summed E-state index contributed by atoms with van der Waals surface area (Å²) < 4.78 is 0. The quantitative estimate of drug-likeness (QED) is 0.464. The first-order chi connectivity index (χ1) is 4.13. The van der Waals surface area contributed by atoms with Crippen LogP contribution in [0.4, 0.5) is 0 Å². The highest BCUT2D eigenvalue weighted by Crippen LogP contribution is 2.38. The zero-order chi connectivity index (χ0) is 6.91. The van der Waals surface area contributed by atoms with Crippen LogP contribution in [0.5, 0.6) is 0 Å². The van der Waals surface area contributed by atoms with Crippen LogP contribution in [0.3, 0.4) is 0 Å². The van der Waals surface area contributed by atoms with Crippen LogP contribution in [-0.2, 0) is 0 Å². The zero-order valence-corrected chi connectivity index (χ0v) is 6.41. The largest absolute Gasteiger partial charge is 0.0646 e. The molecule has 51 valence electrons. The minimum Gasteiger partial charge on any atom is -0.0646 e. The monoisotopic (exact) mass is 123 g/mol. The van der Waals surface area contributed by atoms with Crippen molar-refractivity contribution in [3.8, 4) is 0 Å². The van der Waals surface area contributed by atoms with E-state index in [0.717, 1.165) is 6.42 Å². The summed E-state index contributed by atoms with van der Waals surface area (Å²) in [5, 5.41) is 0. The van der Waals surface area contributed by atoms with Crippen LogP contribution in [0.1, 0.15) is 39.5 Å². The second-order valence-electron chi connectivity index (χ2n) is 3.62. The predicted octanol–water partition coefficient (Wildman–Crippen LogP) is 2.95. The molecular formula is C9H15. The van der Waals surface area contributed by atoms with E-state index in [1.807, 2.05) is 0 Å². The number of rotatable bonds is 0. The molecule has 0 N–H and O–H groups in total. The first-order valence-corrected chi connectivity index (χ1v) is 3.75. The standard InChI is InChI=1S/C9H15/c1-8-6-4-5-7-9(8,2)3/h1H,4-7H2,2-3H3. The molecule has 1 aliphatic carbocycles. The Morgan fingerprint density at radius 3 is 2.33 bits per heavy atom. The van der Waals surface area contributed by atoms with E-state index in [0.29, 0.717) is 5.41 Å². The fourth-order valence-electron chi connectivity index (χ4n) is 1.38. The molecule has 0 spiro atoms. The van der Waals surface area contributed by atoms with Gasteiger partial charge in [-0.15, -0.1) is 0 Å². The third kappa shape index (κ3) is 1.35. The van der Waals surface area contributed by atoms with Gasteiger partial charge in [-0.05, 0) is 24.7 Å². The summed E-state index contributed by atoms with van der Waals surface area (Å²) in [6.07, 6.45) is 5.08. The number of allylic oxidation sites excluding steroid dienone is 1. The number of hydrogen-bond donors (Lipinski definition) is 0. The second kappa shape index (κ2) is 2.17. The molecule has 1 saturated carbocycles. The third-order valence-electron chi connectivity index (χ3n) is 2.37. The van der Waals surface area contributed by atoms with Gasteiger partial charge in [0.15, 0.2) is 0 Å². The minimum absolute atomic E-state index is 0.332. The van der Waals surface area contributed by atoms with Gasteiger partial charge in [-0.3, -0.25) is 0 Å². The van der Waals surface area contributed by atoms with E-state index >= 15 is 0 Å². The minimum atomic E-state index is 0.332. The van der Waals surface area contributed by atoms with E-state index in [2.05, 4.69) is 13.8 Å². The molecule has 1 aliphatic rings. The van der Waals surface area contributed by atoms with Gasteiger partial charge < -0.3 is 0 Å². The summed E-state index contributed by atoms with van der Waals surface area (Å²) in [5.74, 6) is 0. The molecule has 0 aromatic heterocycles.